The fourth-order valence-corrected chi connectivity index (χ4v) is 3.52. The van der Waals surface area contributed by atoms with E-state index >= 15 is 0 Å². The number of amides is 3. The fourth-order valence-electron chi connectivity index (χ4n) is 3.52. The summed E-state index contributed by atoms with van der Waals surface area (Å²) in [5, 5.41) is 11.5. The number of carbonyl (C=O) groups excluding carboxylic acids is 3. The zero-order chi connectivity index (χ0) is 21.4. The van der Waals surface area contributed by atoms with E-state index in [2.05, 4.69) is 15.7 Å². The third kappa shape index (κ3) is 3.30. The molecule has 0 aromatic heterocycles. The number of carbonyl (C=O) groups is 3. The van der Waals surface area contributed by atoms with Gasteiger partial charge in [-0.3, -0.25) is 19.4 Å². The molecule has 2 aromatic carbocycles. The van der Waals surface area contributed by atoms with E-state index in [1.165, 1.54) is 0 Å². The number of para-hydroxylation sites is 1. The first-order chi connectivity index (χ1) is 14.4. The van der Waals surface area contributed by atoms with Gasteiger partial charge in [0.15, 0.2) is 23.7 Å². The number of aryl methyl sites for hydroxylation is 1. The van der Waals surface area contributed by atoms with Crippen LogP contribution in [0.25, 0.3) is 0 Å². The number of hydrogen-bond acceptors (Lipinski definition) is 6. The van der Waals surface area contributed by atoms with E-state index < -0.39 is 41.4 Å². The summed E-state index contributed by atoms with van der Waals surface area (Å²) >= 11 is 0. The third-order valence-corrected chi connectivity index (χ3v) is 5.00. The van der Waals surface area contributed by atoms with E-state index in [0.717, 1.165) is 40.1 Å². The number of nitrogens with one attached hydrogen (secondary N) is 1. The summed E-state index contributed by atoms with van der Waals surface area (Å²) in [5.41, 5.74) is 1.49. The zero-order valence-electron chi connectivity index (χ0n) is 15.9. The van der Waals surface area contributed by atoms with E-state index in [9.17, 15) is 23.2 Å². The molecule has 2 atom stereocenters. The Morgan fingerprint density at radius 1 is 1.10 bits per heavy atom. The molecule has 2 aliphatic heterocycles. The molecule has 0 saturated carbocycles. The maximum atomic E-state index is 13.6. The maximum Gasteiger partial charge on any atom is 0.263 e. The predicted octanol–water partition coefficient (Wildman–Crippen LogP) is 2.46. The van der Waals surface area contributed by atoms with Gasteiger partial charge in [-0.1, -0.05) is 30.3 Å². The van der Waals surface area contributed by atoms with Gasteiger partial charge in [-0.05, 0) is 30.2 Å². The molecule has 30 heavy (non-hydrogen) atoms. The summed E-state index contributed by atoms with van der Waals surface area (Å²) in [4.78, 5) is 38.7. The lowest BCUT2D eigenvalue weighted by molar-refractivity contribution is -0.123. The van der Waals surface area contributed by atoms with Crippen LogP contribution in [-0.2, 0) is 20.8 Å². The summed E-state index contributed by atoms with van der Waals surface area (Å²) in [5.74, 6) is -4.12. The molecule has 1 saturated heterocycles. The molecule has 8 nitrogen and oxygen atoms in total. The van der Waals surface area contributed by atoms with Gasteiger partial charge >= 0.3 is 0 Å². The van der Waals surface area contributed by atoms with E-state index in [1.807, 2.05) is 19.1 Å². The second-order valence-corrected chi connectivity index (χ2v) is 6.86. The molecule has 154 valence electrons. The van der Waals surface area contributed by atoms with Gasteiger partial charge in [0, 0.05) is 11.8 Å². The monoisotopic (exact) mass is 413 g/mol. The second kappa shape index (κ2) is 7.62. The highest BCUT2D eigenvalue weighted by Crippen LogP contribution is 2.32. The molecule has 2 aromatic rings. The first-order valence-corrected chi connectivity index (χ1v) is 9.28. The molecule has 2 unspecified atom stereocenters. The Morgan fingerprint density at radius 3 is 2.60 bits per heavy atom. The van der Waals surface area contributed by atoms with Gasteiger partial charge in [-0.25, -0.2) is 13.7 Å². The molecule has 2 heterocycles. The number of imide groups is 1. The summed E-state index contributed by atoms with van der Waals surface area (Å²) in [6, 6.07) is 7.78. The molecule has 3 amide bonds. The number of anilines is 2. The SMILES string of the molecule is CCc1ccccc1NC(=O)CN1N=NC2C(=O)N(c3ccc(F)c(F)c3)C(=O)C21. The van der Waals surface area contributed by atoms with Crippen LogP contribution in [0, 0.1) is 11.6 Å². The molecule has 0 aliphatic carbocycles. The normalized spacial score (nSPS) is 20.1. The van der Waals surface area contributed by atoms with Crippen molar-refractivity contribution in [1.29, 1.82) is 0 Å². The quantitative estimate of drug-likeness (QED) is 0.762. The first-order valence-electron chi connectivity index (χ1n) is 9.28. The lowest BCUT2D eigenvalue weighted by Gasteiger charge is -2.20. The lowest BCUT2D eigenvalue weighted by atomic mass is 10.1. The zero-order valence-corrected chi connectivity index (χ0v) is 15.9. The molecular formula is C20H17F2N5O3. The Bertz CT molecular complexity index is 1070. The van der Waals surface area contributed by atoms with Crippen molar-refractivity contribution in [3.63, 3.8) is 0 Å². The summed E-state index contributed by atoms with van der Waals surface area (Å²) in [6.07, 6.45) is 0.723. The number of fused-ring (bicyclic) bond motifs is 1. The Kier molecular flexibility index (Phi) is 4.98. The Hall–Kier alpha value is -3.69. The van der Waals surface area contributed by atoms with Gasteiger partial charge in [0.1, 0.15) is 6.54 Å². The summed E-state index contributed by atoms with van der Waals surface area (Å²) in [7, 11) is 0. The summed E-state index contributed by atoms with van der Waals surface area (Å²) < 4.78 is 26.8. The third-order valence-electron chi connectivity index (χ3n) is 5.00. The molecule has 2 aliphatic rings. The van der Waals surface area contributed by atoms with Crippen LogP contribution in [0.5, 0.6) is 0 Å². The van der Waals surface area contributed by atoms with Crippen LogP contribution >= 0.6 is 0 Å². The van der Waals surface area contributed by atoms with Crippen molar-refractivity contribution in [2.45, 2.75) is 25.4 Å². The van der Waals surface area contributed by atoms with Crippen LogP contribution < -0.4 is 10.2 Å². The average Bonchev–Trinajstić information content (AvgIpc) is 3.24. The minimum absolute atomic E-state index is 0.102. The van der Waals surface area contributed by atoms with Crippen molar-refractivity contribution < 1.29 is 23.2 Å². The molecule has 0 radical (unpaired) electrons. The fraction of sp³-hybridized carbons (Fsp3) is 0.250. The number of halogens is 2. The van der Waals surface area contributed by atoms with Gasteiger partial charge in [-0.2, -0.15) is 5.11 Å². The van der Waals surface area contributed by atoms with Crippen molar-refractivity contribution in [3.8, 4) is 0 Å². The van der Waals surface area contributed by atoms with E-state index in [1.54, 1.807) is 12.1 Å². The molecule has 1 N–H and O–H groups in total. The van der Waals surface area contributed by atoms with Gasteiger partial charge < -0.3 is 5.32 Å². The minimum atomic E-state index is -1.18. The van der Waals surface area contributed by atoms with Crippen LogP contribution in [0.15, 0.2) is 52.8 Å². The van der Waals surface area contributed by atoms with Gasteiger partial charge in [0.05, 0.1) is 5.69 Å². The highest BCUT2D eigenvalue weighted by Gasteiger charge is 2.55. The lowest BCUT2D eigenvalue weighted by Crippen LogP contribution is -2.43. The van der Waals surface area contributed by atoms with Crippen LogP contribution in [-0.4, -0.2) is 41.4 Å². The van der Waals surface area contributed by atoms with Crippen molar-refractivity contribution in [2.24, 2.45) is 10.3 Å². The van der Waals surface area contributed by atoms with Crippen LogP contribution in [0.1, 0.15) is 12.5 Å². The molecule has 0 bridgehead atoms. The van der Waals surface area contributed by atoms with Crippen LogP contribution in [0.3, 0.4) is 0 Å². The van der Waals surface area contributed by atoms with E-state index in [4.69, 9.17) is 0 Å². The van der Waals surface area contributed by atoms with E-state index in [0.29, 0.717) is 5.69 Å². The van der Waals surface area contributed by atoms with Gasteiger partial charge in [0.25, 0.3) is 11.8 Å². The molecule has 1 fully saturated rings. The maximum absolute atomic E-state index is 13.6. The van der Waals surface area contributed by atoms with Crippen molar-refractivity contribution in [3.05, 3.63) is 59.7 Å². The smallest absolute Gasteiger partial charge is 0.263 e. The highest BCUT2D eigenvalue weighted by molar-refractivity contribution is 6.25. The van der Waals surface area contributed by atoms with E-state index in [-0.39, 0.29) is 12.2 Å². The predicted molar refractivity (Wildman–Crippen MR) is 102 cm³/mol. The number of rotatable bonds is 5. The van der Waals surface area contributed by atoms with Crippen LogP contribution in [0.4, 0.5) is 20.2 Å². The van der Waals surface area contributed by atoms with Gasteiger partial charge in [-0.15, -0.1) is 0 Å². The molecule has 4 rings (SSSR count). The highest BCUT2D eigenvalue weighted by atomic mass is 19.2. The standard InChI is InChI=1S/C20H17F2N5O3/c1-2-11-5-3-4-6-15(11)23-16(28)10-26-18-17(24-25-26)19(29)27(20(18)30)12-7-8-13(21)14(22)9-12/h3-9,17-18H,2,10H2,1H3,(H,23,28). The van der Waals surface area contributed by atoms with Gasteiger partial charge in [0.2, 0.25) is 5.91 Å². The number of benzene rings is 2. The average molecular weight is 413 g/mol. The Labute approximate surface area is 170 Å². The number of hydrogen-bond donors (Lipinski definition) is 1. The minimum Gasteiger partial charge on any atom is -0.324 e. The largest absolute Gasteiger partial charge is 0.324 e. The summed E-state index contributed by atoms with van der Waals surface area (Å²) in [6.45, 7) is 1.66. The molecule has 10 heteroatoms. The van der Waals surface area contributed by atoms with Crippen molar-refractivity contribution in [2.75, 3.05) is 16.8 Å². The Balaban J connectivity index is 1.50. The molecular weight excluding hydrogens is 396 g/mol. The topological polar surface area (TPSA) is 94.4 Å². The van der Waals surface area contributed by atoms with Crippen LogP contribution in [0.2, 0.25) is 0 Å². The molecule has 0 spiro atoms. The van der Waals surface area contributed by atoms with Crippen molar-refractivity contribution >= 4 is 29.1 Å². The first kappa shape index (κ1) is 19.6. The second-order valence-electron chi connectivity index (χ2n) is 6.86. The van der Waals surface area contributed by atoms with Crippen molar-refractivity contribution in [1.82, 2.24) is 5.01 Å². The number of nitrogens with zero attached hydrogens (tertiary/aromatic N) is 4. The Morgan fingerprint density at radius 2 is 1.87 bits per heavy atom.